The zero-order valence-corrected chi connectivity index (χ0v) is 11.1. The van der Waals surface area contributed by atoms with Gasteiger partial charge in [-0.1, -0.05) is 0 Å². The van der Waals surface area contributed by atoms with Crippen LogP contribution in [0.3, 0.4) is 0 Å². The number of hydrogen-bond acceptors (Lipinski definition) is 5. The van der Waals surface area contributed by atoms with E-state index in [1.165, 1.54) is 17.5 Å². The summed E-state index contributed by atoms with van der Waals surface area (Å²) in [5.41, 5.74) is 4.80. The Balaban J connectivity index is 2.27. The second-order valence-electron chi connectivity index (χ2n) is 3.55. The summed E-state index contributed by atoms with van der Waals surface area (Å²) in [7, 11) is -4.11. The lowest BCUT2D eigenvalue weighted by Gasteiger charge is -2.07. The lowest BCUT2D eigenvalue weighted by atomic mass is 10.3. The van der Waals surface area contributed by atoms with Crippen molar-refractivity contribution in [1.29, 1.82) is 0 Å². The van der Waals surface area contributed by atoms with Crippen molar-refractivity contribution in [1.82, 2.24) is 9.71 Å². The molecule has 0 saturated heterocycles. The van der Waals surface area contributed by atoms with Crippen LogP contribution >= 0.6 is 11.3 Å². The Morgan fingerprint density at radius 3 is 2.68 bits per heavy atom. The SMILES string of the molecule is Nc1cc(S(=O)(=O)NCc2nccs2)c(F)cc1F. The fourth-order valence-electron chi connectivity index (χ4n) is 1.33. The van der Waals surface area contributed by atoms with Crippen molar-refractivity contribution >= 4 is 27.0 Å². The van der Waals surface area contributed by atoms with Crippen molar-refractivity contribution in [3.8, 4) is 0 Å². The van der Waals surface area contributed by atoms with Crippen LogP contribution in [0, 0.1) is 11.6 Å². The predicted octanol–water partition coefficient (Wildman–Crippen LogP) is 1.48. The van der Waals surface area contributed by atoms with E-state index in [2.05, 4.69) is 9.71 Å². The normalized spacial score (nSPS) is 11.7. The number of benzene rings is 1. The van der Waals surface area contributed by atoms with Gasteiger partial charge in [-0.3, -0.25) is 0 Å². The predicted molar refractivity (Wildman–Crippen MR) is 66.9 cm³/mol. The highest BCUT2D eigenvalue weighted by molar-refractivity contribution is 7.89. The minimum Gasteiger partial charge on any atom is -0.396 e. The maximum absolute atomic E-state index is 13.5. The van der Waals surface area contributed by atoms with Gasteiger partial charge in [-0.25, -0.2) is 26.9 Å². The van der Waals surface area contributed by atoms with Crippen LogP contribution in [-0.4, -0.2) is 13.4 Å². The summed E-state index contributed by atoms with van der Waals surface area (Å²) in [6, 6.07) is 1.18. The van der Waals surface area contributed by atoms with Gasteiger partial charge in [-0.15, -0.1) is 11.3 Å². The number of halogens is 2. The molecule has 9 heteroatoms. The summed E-state index contributed by atoms with van der Waals surface area (Å²) >= 11 is 1.25. The molecule has 1 heterocycles. The van der Waals surface area contributed by atoms with Crippen molar-refractivity contribution in [2.24, 2.45) is 0 Å². The van der Waals surface area contributed by atoms with Gasteiger partial charge in [-0.2, -0.15) is 0 Å². The maximum atomic E-state index is 13.5. The number of hydrogen-bond donors (Lipinski definition) is 2. The molecule has 2 rings (SSSR count). The Morgan fingerprint density at radius 2 is 2.05 bits per heavy atom. The van der Waals surface area contributed by atoms with E-state index in [9.17, 15) is 17.2 Å². The minimum absolute atomic E-state index is 0.0727. The zero-order chi connectivity index (χ0) is 14.0. The van der Waals surface area contributed by atoms with Gasteiger partial charge in [0.25, 0.3) is 0 Å². The number of rotatable bonds is 4. The number of anilines is 1. The van der Waals surface area contributed by atoms with E-state index >= 15 is 0 Å². The first-order valence-electron chi connectivity index (χ1n) is 5.02. The fourth-order valence-corrected chi connectivity index (χ4v) is 3.05. The van der Waals surface area contributed by atoms with E-state index in [0.717, 1.165) is 6.07 Å². The first-order chi connectivity index (χ1) is 8.90. The van der Waals surface area contributed by atoms with Crippen molar-refractivity contribution in [2.75, 3.05) is 5.73 Å². The lowest BCUT2D eigenvalue weighted by molar-refractivity contribution is 0.544. The highest BCUT2D eigenvalue weighted by Crippen LogP contribution is 2.21. The fraction of sp³-hybridized carbons (Fsp3) is 0.100. The number of nitrogens with zero attached hydrogens (tertiary/aromatic N) is 1. The molecule has 1 aromatic heterocycles. The van der Waals surface area contributed by atoms with Crippen LogP contribution < -0.4 is 10.5 Å². The summed E-state index contributed by atoms with van der Waals surface area (Å²) in [5.74, 6) is -2.20. The van der Waals surface area contributed by atoms with E-state index in [0.29, 0.717) is 11.1 Å². The molecular weight excluding hydrogens is 296 g/mol. The molecule has 0 fully saturated rings. The Morgan fingerprint density at radius 1 is 1.32 bits per heavy atom. The first-order valence-corrected chi connectivity index (χ1v) is 7.39. The van der Waals surface area contributed by atoms with Crippen molar-refractivity contribution in [3.05, 3.63) is 40.4 Å². The van der Waals surface area contributed by atoms with Crippen LogP contribution in [0.2, 0.25) is 0 Å². The van der Waals surface area contributed by atoms with Gasteiger partial charge in [0, 0.05) is 17.6 Å². The number of nitrogens with two attached hydrogens (primary N) is 1. The molecule has 0 spiro atoms. The molecule has 0 aliphatic carbocycles. The number of nitrogen functional groups attached to an aromatic ring is 1. The van der Waals surface area contributed by atoms with Crippen LogP contribution in [0.5, 0.6) is 0 Å². The van der Waals surface area contributed by atoms with Crippen molar-refractivity contribution < 1.29 is 17.2 Å². The number of nitrogens with one attached hydrogen (secondary N) is 1. The molecule has 19 heavy (non-hydrogen) atoms. The smallest absolute Gasteiger partial charge is 0.243 e. The van der Waals surface area contributed by atoms with Crippen LogP contribution in [0.4, 0.5) is 14.5 Å². The number of thiazole rings is 1. The monoisotopic (exact) mass is 305 g/mol. The lowest BCUT2D eigenvalue weighted by Crippen LogP contribution is -2.24. The van der Waals surface area contributed by atoms with Crippen LogP contribution in [0.25, 0.3) is 0 Å². The largest absolute Gasteiger partial charge is 0.396 e. The van der Waals surface area contributed by atoms with Crippen LogP contribution in [0.1, 0.15) is 5.01 Å². The topological polar surface area (TPSA) is 85.1 Å². The third-order valence-electron chi connectivity index (χ3n) is 2.24. The molecule has 0 atom stereocenters. The van der Waals surface area contributed by atoms with Crippen molar-refractivity contribution in [3.63, 3.8) is 0 Å². The van der Waals surface area contributed by atoms with Gasteiger partial charge < -0.3 is 5.73 Å². The van der Waals surface area contributed by atoms with E-state index in [4.69, 9.17) is 5.73 Å². The van der Waals surface area contributed by atoms with Crippen molar-refractivity contribution in [2.45, 2.75) is 11.4 Å². The molecule has 102 valence electrons. The highest BCUT2D eigenvalue weighted by Gasteiger charge is 2.21. The molecule has 0 bridgehead atoms. The summed E-state index contributed by atoms with van der Waals surface area (Å²) in [5, 5.41) is 2.21. The molecule has 1 aromatic carbocycles. The average Bonchev–Trinajstić information content (AvgIpc) is 2.84. The van der Waals surface area contributed by atoms with E-state index in [1.807, 2.05) is 0 Å². The standard InChI is InChI=1S/C10H9F2N3O2S2/c11-6-3-7(12)9(4-8(6)13)19(16,17)15-5-10-14-1-2-18-10/h1-4,15H,5,13H2. The van der Waals surface area contributed by atoms with Gasteiger partial charge in [0.1, 0.15) is 21.5 Å². The van der Waals surface area contributed by atoms with Gasteiger partial charge in [0.2, 0.25) is 10.0 Å². The van der Waals surface area contributed by atoms with Gasteiger partial charge >= 0.3 is 0 Å². The highest BCUT2D eigenvalue weighted by atomic mass is 32.2. The zero-order valence-electron chi connectivity index (χ0n) is 9.43. The average molecular weight is 305 g/mol. The molecule has 2 aromatic rings. The van der Waals surface area contributed by atoms with Crippen LogP contribution in [-0.2, 0) is 16.6 Å². The third-order valence-corrected chi connectivity index (χ3v) is 4.43. The quantitative estimate of drug-likeness (QED) is 0.838. The molecule has 0 unspecified atom stereocenters. The maximum Gasteiger partial charge on any atom is 0.243 e. The number of aromatic nitrogens is 1. The Kier molecular flexibility index (Phi) is 3.78. The first kappa shape index (κ1) is 13.8. The molecule has 3 N–H and O–H groups in total. The molecule has 0 aliphatic rings. The third kappa shape index (κ3) is 3.06. The molecule has 0 saturated carbocycles. The summed E-state index contributed by atoms with van der Waals surface area (Å²) < 4.78 is 52.3. The Bertz CT molecular complexity index is 687. The van der Waals surface area contributed by atoms with E-state index < -0.39 is 32.2 Å². The van der Waals surface area contributed by atoms with E-state index in [-0.39, 0.29) is 6.54 Å². The minimum atomic E-state index is -4.11. The summed E-state index contributed by atoms with van der Waals surface area (Å²) in [6.07, 6.45) is 1.52. The second kappa shape index (κ2) is 5.19. The van der Waals surface area contributed by atoms with Gasteiger partial charge in [0.05, 0.1) is 12.2 Å². The summed E-state index contributed by atoms with van der Waals surface area (Å²) in [4.78, 5) is 3.19. The van der Waals surface area contributed by atoms with Gasteiger partial charge in [0.15, 0.2) is 0 Å². The molecule has 0 amide bonds. The molecule has 0 radical (unpaired) electrons. The van der Waals surface area contributed by atoms with Gasteiger partial charge in [-0.05, 0) is 6.07 Å². The Hall–Kier alpha value is -1.58. The molecular formula is C10H9F2N3O2S2. The van der Waals surface area contributed by atoms with E-state index in [1.54, 1.807) is 5.38 Å². The van der Waals surface area contributed by atoms with Crippen LogP contribution in [0.15, 0.2) is 28.6 Å². The molecule has 5 nitrogen and oxygen atoms in total. The Labute approximate surface area is 112 Å². The number of sulfonamides is 1. The second-order valence-corrected chi connectivity index (χ2v) is 6.27. The molecule has 0 aliphatic heterocycles. The summed E-state index contributed by atoms with van der Waals surface area (Å²) in [6.45, 7) is -0.0727.